The fraction of sp³-hybridized carbons (Fsp3) is 0.381. The Morgan fingerprint density at radius 2 is 2.00 bits per heavy atom. The predicted molar refractivity (Wildman–Crippen MR) is 101 cm³/mol. The van der Waals surface area contributed by atoms with Gasteiger partial charge in [-0.25, -0.2) is 4.98 Å². The van der Waals surface area contributed by atoms with Gasteiger partial charge in [-0.3, -0.25) is 0 Å². The van der Waals surface area contributed by atoms with Gasteiger partial charge in [0, 0.05) is 11.6 Å². The highest BCUT2D eigenvalue weighted by Crippen LogP contribution is 2.35. The Morgan fingerprint density at radius 3 is 2.67 bits per heavy atom. The van der Waals surface area contributed by atoms with E-state index in [0.29, 0.717) is 6.04 Å². The van der Waals surface area contributed by atoms with E-state index in [2.05, 4.69) is 36.3 Å². The van der Waals surface area contributed by atoms with Crippen molar-refractivity contribution in [3.63, 3.8) is 0 Å². The fourth-order valence-electron chi connectivity index (χ4n) is 3.57. The number of imidazole rings is 1. The molecule has 1 fully saturated rings. The molecule has 0 radical (unpaired) electrons. The molecule has 0 atom stereocenters. The van der Waals surface area contributed by atoms with Gasteiger partial charge in [0.25, 0.3) is 0 Å². The third-order valence-electron chi connectivity index (χ3n) is 4.77. The minimum atomic E-state index is 0.283. The van der Waals surface area contributed by atoms with Gasteiger partial charge in [-0.15, -0.1) is 0 Å². The SMILES string of the molecule is C=C/C(=C\C=C(/C)O)c1nc2cc(C)ccc2n1C1CCCCC1. The number of aryl methyl sites for hydroxylation is 1. The van der Waals surface area contributed by atoms with Gasteiger partial charge in [0.05, 0.1) is 16.8 Å². The number of fused-ring (bicyclic) bond motifs is 1. The molecule has 0 amide bonds. The number of aliphatic hydroxyl groups is 1. The maximum absolute atomic E-state index is 9.49. The number of hydrogen-bond acceptors (Lipinski definition) is 2. The van der Waals surface area contributed by atoms with Gasteiger partial charge in [-0.1, -0.05) is 38.0 Å². The molecule has 3 nitrogen and oxygen atoms in total. The standard InChI is InChI=1S/C21H26N2O/c1-4-17(12-11-16(3)24)21-22-19-14-15(2)10-13-20(19)23(21)18-8-6-5-7-9-18/h4,10-14,18,24H,1,5-9H2,2-3H3/b16-11+,17-12+. The molecule has 1 saturated carbocycles. The summed E-state index contributed by atoms with van der Waals surface area (Å²) >= 11 is 0. The lowest BCUT2D eigenvalue weighted by atomic mass is 9.94. The highest BCUT2D eigenvalue weighted by atomic mass is 16.3. The average molecular weight is 322 g/mol. The van der Waals surface area contributed by atoms with E-state index >= 15 is 0 Å². The molecule has 0 spiro atoms. The summed E-state index contributed by atoms with van der Waals surface area (Å²) in [6.07, 6.45) is 11.7. The number of rotatable bonds is 4. The second kappa shape index (κ2) is 7.08. The van der Waals surface area contributed by atoms with Gasteiger partial charge in [0.15, 0.2) is 0 Å². The van der Waals surface area contributed by atoms with Crippen LogP contribution in [0.1, 0.15) is 56.5 Å². The lowest BCUT2D eigenvalue weighted by Gasteiger charge is -2.25. The lowest BCUT2D eigenvalue weighted by Crippen LogP contribution is -2.15. The predicted octanol–water partition coefficient (Wildman–Crippen LogP) is 5.88. The fourth-order valence-corrected chi connectivity index (χ4v) is 3.57. The molecule has 0 bridgehead atoms. The molecule has 1 heterocycles. The van der Waals surface area contributed by atoms with E-state index in [1.54, 1.807) is 13.0 Å². The van der Waals surface area contributed by atoms with E-state index in [4.69, 9.17) is 4.98 Å². The van der Waals surface area contributed by atoms with Crippen molar-refractivity contribution in [1.82, 2.24) is 9.55 Å². The largest absolute Gasteiger partial charge is 0.513 e. The molecule has 1 aromatic carbocycles. The maximum Gasteiger partial charge on any atom is 0.141 e. The third-order valence-corrected chi connectivity index (χ3v) is 4.77. The Labute approximate surface area is 144 Å². The van der Waals surface area contributed by atoms with Crippen LogP contribution in [0.4, 0.5) is 0 Å². The van der Waals surface area contributed by atoms with E-state index in [1.165, 1.54) is 43.2 Å². The first-order valence-electron chi connectivity index (χ1n) is 8.79. The topological polar surface area (TPSA) is 38.1 Å². The first-order chi connectivity index (χ1) is 11.6. The zero-order chi connectivity index (χ0) is 17.1. The van der Waals surface area contributed by atoms with Crippen LogP contribution in [0.5, 0.6) is 0 Å². The van der Waals surface area contributed by atoms with Crippen molar-refractivity contribution < 1.29 is 5.11 Å². The highest BCUT2D eigenvalue weighted by molar-refractivity contribution is 5.83. The van der Waals surface area contributed by atoms with Crippen LogP contribution < -0.4 is 0 Å². The number of aromatic nitrogens is 2. The van der Waals surface area contributed by atoms with Crippen molar-refractivity contribution in [2.24, 2.45) is 0 Å². The summed E-state index contributed by atoms with van der Waals surface area (Å²) in [5.41, 5.74) is 4.40. The van der Waals surface area contributed by atoms with Crippen LogP contribution in [0.15, 0.2) is 48.8 Å². The monoisotopic (exact) mass is 322 g/mol. The van der Waals surface area contributed by atoms with Crippen molar-refractivity contribution in [2.45, 2.75) is 52.0 Å². The molecular weight excluding hydrogens is 296 g/mol. The normalized spacial score (nSPS) is 17.4. The molecule has 1 aliphatic carbocycles. The van der Waals surface area contributed by atoms with Crippen molar-refractivity contribution in [2.75, 3.05) is 0 Å². The van der Waals surface area contributed by atoms with Crippen LogP contribution in [0.3, 0.4) is 0 Å². The molecular formula is C21H26N2O. The minimum Gasteiger partial charge on any atom is -0.513 e. The van der Waals surface area contributed by atoms with Crippen molar-refractivity contribution in [1.29, 1.82) is 0 Å². The van der Waals surface area contributed by atoms with Crippen molar-refractivity contribution >= 4 is 16.6 Å². The number of aliphatic hydroxyl groups excluding tert-OH is 1. The smallest absolute Gasteiger partial charge is 0.141 e. The number of nitrogens with zero attached hydrogens (tertiary/aromatic N) is 2. The van der Waals surface area contributed by atoms with Gasteiger partial charge < -0.3 is 9.67 Å². The Morgan fingerprint density at radius 1 is 1.25 bits per heavy atom. The van der Waals surface area contributed by atoms with Gasteiger partial charge in [0.1, 0.15) is 5.82 Å². The second-order valence-electron chi connectivity index (χ2n) is 6.72. The molecule has 3 heteroatoms. The molecule has 1 aliphatic rings. The number of benzene rings is 1. The molecule has 126 valence electrons. The van der Waals surface area contributed by atoms with Gasteiger partial charge in [0.2, 0.25) is 0 Å². The maximum atomic E-state index is 9.49. The lowest BCUT2D eigenvalue weighted by molar-refractivity contribution is 0.358. The van der Waals surface area contributed by atoms with Crippen LogP contribution in [-0.4, -0.2) is 14.7 Å². The van der Waals surface area contributed by atoms with Crippen LogP contribution in [0, 0.1) is 6.92 Å². The van der Waals surface area contributed by atoms with Crippen LogP contribution in [0.2, 0.25) is 0 Å². The highest BCUT2D eigenvalue weighted by Gasteiger charge is 2.22. The first-order valence-corrected chi connectivity index (χ1v) is 8.79. The van der Waals surface area contributed by atoms with Crippen LogP contribution in [0.25, 0.3) is 16.6 Å². The third kappa shape index (κ3) is 3.30. The second-order valence-corrected chi connectivity index (χ2v) is 6.72. The van der Waals surface area contributed by atoms with Crippen LogP contribution in [-0.2, 0) is 0 Å². The molecule has 2 aromatic rings. The zero-order valence-corrected chi connectivity index (χ0v) is 14.6. The summed E-state index contributed by atoms with van der Waals surface area (Å²) in [5, 5.41) is 9.49. The summed E-state index contributed by atoms with van der Waals surface area (Å²) in [6.45, 7) is 7.73. The van der Waals surface area contributed by atoms with E-state index in [-0.39, 0.29) is 5.76 Å². The number of hydrogen-bond donors (Lipinski definition) is 1. The number of allylic oxidation sites excluding steroid dienone is 5. The minimum absolute atomic E-state index is 0.283. The quantitative estimate of drug-likeness (QED) is 0.563. The van der Waals surface area contributed by atoms with E-state index in [1.807, 2.05) is 12.2 Å². The average Bonchev–Trinajstić information content (AvgIpc) is 2.94. The van der Waals surface area contributed by atoms with E-state index in [0.717, 1.165) is 16.9 Å². The Kier molecular flexibility index (Phi) is 4.89. The van der Waals surface area contributed by atoms with Gasteiger partial charge in [-0.2, -0.15) is 0 Å². The molecule has 24 heavy (non-hydrogen) atoms. The van der Waals surface area contributed by atoms with Crippen molar-refractivity contribution in [3.05, 3.63) is 60.2 Å². The van der Waals surface area contributed by atoms with Crippen molar-refractivity contribution in [3.8, 4) is 0 Å². The molecule has 1 aromatic heterocycles. The Balaban J connectivity index is 2.19. The zero-order valence-electron chi connectivity index (χ0n) is 14.6. The Hall–Kier alpha value is -2.29. The summed E-state index contributed by atoms with van der Waals surface area (Å²) in [5.74, 6) is 1.24. The summed E-state index contributed by atoms with van der Waals surface area (Å²) < 4.78 is 2.39. The molecule has 1 N–H and O–H groups in total. The molecule has 0 aliphatic heterocycles. The van der Waals surface area contributed by atoms with E-state index < -0.39 is 0 Å². The summed E-state index contributed by atoms with van der Waals surface area (Å²) in [7, 11) is 0. The molecule has 3 rings (SSSR count). The molecule has 0 saturated heterocycles. The van der Waals surface area contributed by atoms with E-state index in [9.17, 15) is 5.11 Å². The van der Waals surface area contributed by atoms with Crippen LogP contribution >= 0.6 is 0 Å². The van der Waals surface area contributed by atoms with Gasteiger partial charge in [-0.05, 0) is 56.5 Å². The summed E-state index contributed by atoms with van der Waals surface area (Å²) in [4.78, 5) is 4.91. The molecule has 0 unspecified atom stereocenters. The first kappa shape index (κ1) is 16.6. The van der Waals surface area contributed by atoms with Gasteiger partial charge >= 0.3 is 0 Å². The Bertz CT molecular complexity index is 801. The summed E-state index contributed by atoms with van der Waals surface area (Å²) in [6, 6.07) is 6.97.